The summed E-state index contributed by atoms with van der Waals surface area (Å²) in [6.07, 6.45) is 1.09. The molecule has 1 atom stereocenters. The number of hydrogen-bond donors (Lipinski definition) is 4. The van der Waals surface area contributed by atoms with E-state index in [1.165, 1.54) is 11.3 Å². The molecule has 7 heteroatoms. The van der Waals surface area contributed by atoms with Crippen LogP contribution >= 0.6 is 11.3 Å². The van der Waals surface area contributed by atoms with Crippen molar-refractivity contribution < 1.29 is 15.0 Å². The van der Waals surface area contributed by atoms with Crippen molar-refractivity contribution in [1.29, 1.82) is 0 Å². The summed E-state index contributed by atoms with van der Waals surface area (Å²) in [5, 5.41) is 23.7. The molecule has 16 heavy (non-hydrogen) atoms. The normalized spacial score (nSPS) is 24.3. The molecule has 2 rings (SSSR count). The molecule has 0 aliphatic carbocycles. The minimum atomic E-state index is -1.75. The Morgan fingerprint density at radius 1 is 1.62 bits per heavy atom. The zero-order valence-electron chi connectivity index (χ0n) is 8.04. The molecule has 0 bridgehead atoms. The molecule has 1 aromatic rings. The van der Waals surface area contributed by atoms with Crippen molar-refractivity contribution in [1.82, 2.24) is 5.32 Å². The van der Waals surface area contributed by atoms with E-state index in [0.717, 1.165) is 6.20 Å². The lowest BCUT2D eigenvalue weighted by molar-refractivity contribution is -0.112. The SMILES string of the molecule is NC(=O)C1=NC(O)(c2cccs2)NC=C1O. The van der Waals surface area contributed by atoms with Gasteiger partial charge >= 0.3 is 0 Å². The molecule has 1 aliphatic heterocycles. The maximum atomic E-state index is 11.0. The second-order valence-electron chi connectivity index (χ2n) is 3.15. The third-order valence-corrected chi connectivity index (χ3v) is 2.99. The van der Waals surface area contributed by atoms with Crippen LogP contribution in [0.2, 0.25) is 0 Å². The van der Waals surface area contributed by atoms with Crippen LogP contribution in [0.5, 0.6) is 0 Å². The van der Waals surface area contributed by atoms with Crippen LogP contribution in [0.4, 0.5) is 0 Å². The monoisotopic (exact) mass is 239 g/mol. The predicted molar refractivity (Wildman–Crippen MR) is 58.7 cm³/mol. The van der Waals surface area contributed by atoms with Gasteiger partial charge in [-0.25, -0.2) is 4.99 Å². The van der Waals surface area contributed by atoms with Gasteiger partial charge in [0.05, 0.1) is 4.88 Å². The fourth-order valence-electron chi connectivity index (χ4n) is 1.27. The Bertz CT molecular complexity index is 480. The number of nitrogens with two attached hydrogens (primary N) is 1. The van der Waals surface area contributed by atoms with Crippen LogP contribution in [0.25, 0.3) is 0 Å². The fraction of sp³-hybridized carbons (Fsp3) is 0.111. The summed E-state index contributed by atoms with van der Waals surface area (Å²) in [7, 11) is 0. The van der Waals surface area contributed by atoms with Gasteiger partial charge in [-0.05, 0) is 11.4 Å². The molecular formula is C9H9N3O3S. The lowest BCUT2D eigenvalue weighted by atomic mass is 10.2. The highest BCUT2D eigenvalue weighted by molar-refractivity contribution is 7.10. The quantitative estimate of drug-likeness (QED) is 0.572. The first-order valence-corrected chi connectivity index (χ1v) is 5.24. The highest BCUT2D eigenvalue weighted by Gasteiger charge is 2.34. The van der Waals surface area contributed by atoms with Gasteiger partial charge < -0.3 is 21.3 Å². The largest absolute Gasteiger partial charge is 0.504 e. The van der Waals surface area contributed by atoms with E-state index < -0.39 is 17.5 Å². The molecule has 5 N–H and O–H groups in total. The highest BCUT2D eigenvalue weighted by atomic mass is 32.1. The molecule has 0 spiro atoms. The van der Waals surface area contributed by atoms with Crippen LogP contribution in [-0.2, 0) is 10.6 Å². The maximum Gasteiger partial charge on any atom is 0.272 e. The van der Waals surface area contributed by atoms with Gasteiger partial charge in [0.25, 0.3) is 11.8 Å². The molecule has 84 valence electrons. The number of hydrogen-bond acceptors (Lipinski definition) is 6. The van der Waals surface area contributed by atoms with Crippen molar-refractivity contribution in [2.75, 3.05) is 0 Å². The Kier molecular flexibility index (Phi) is 2.41. The van der Waals surface area contributed by atoms with Crippen LogP contribution in [-0.4, -0.2) is 21.8 Å². The van der Waals surface area contributed by atoms with Gasteiger partial charge in [-0.2, -0.15) is 0 Å². The average molecular weight is 239 g/mol. The zero-order chi connectivity index (χ0) is 11.8. The Labute approximate surface area is 94.7 Å². The van der Waals surface area contributed by atoms with Crippen molar-refractivity contribution in [3.8, 4) is 0 Å². The standard InChI is InChI=1S/C9H9N3O3S/c10-8(14)7-5(13)4-11-9(15,12-7)6-2-1-3-16-6/h1-4,11,13,15H,(H2,10,14). The zero-order valence-corrected chi connectivity index (χ0v) is 8.86. The van der Waals surface area contributed by atoms with E-state index in [-0.39, 0.29) is 5.71 Å². The molecule has 2 heterocycles. The number of carbonyl (C=O) groups excluding carboxylic acids is 1. The molecular weight excluding hydrogens is 230 g/mol. The van der Waals surface area contributed by atoms with Gasteiger partial charge in [0.1, 0.15) is 0 Å². The van der Waals surface area contributed by atoms with E-state index in [9.17, 15) is 15.0 Å². The van der Waals surface area contributed by atoms with Crippen molar-refractivity contribution in [3.63, 3.8) is 0 Å². The molecule has 0 saturated carbocycles. The van der Waals surface area contributed by atoms with Crippen molar-refractivity contribution in [2.24, 2.45) is 10.7 Å². The fourth-order valence-corrected chi connectivity index (χ4v) is 2.00. The highest BCUT2D eigenvalue weighted by Crippen LogP contribution is 2.27. The molecule has 0 fully saturated rings. The van der Waals surface area contributed by atoms with E-state index >= 15 is 0 Å². The number of nitrogens with one attached hydrogen (secondary N) is 1. The lowest BCUT2D eigenvalue weighted by Crippen LogP contribution is -2.43. The number of primary amides is 1. The molecule has 0 radical (unpaired) electrons. The van der Waals surface area contributed by atoms with Crippen LogP contribution in [0.3, 0.4) is 0 Å². The van der Waals surface area contributed by atoms with Gasteiger partial charge in [-0.1, -0.05) is 6.07 Å². The second-order valence-corrected chi connectivity index (χ2v) is 4.10. The number of rotatable bonds is 2. The van der Waals surface area contributed by atoms with Crippen molar-refractivity contribution in [3.05, 3.63) is 34.3 Å². The molecule has 1 aliphatic rings. The summed E-state index contributed by atoms with van der Waals surface area (Å²) >= 11 is 1.26. The Morgan fingerprint density at radius 2 is 2.38 bits per heavy atom. The first-order chi connectivity index (χ1) is 7.53. The van der Waals surface area contributed by atoms with Gasteiger partial charge in [0, 0.05) is 6.20 Å². The Morgan fingerprint density at radius 3 is 2.94 bits per heavy atom. The summed E-state index contributed by atoms with van der Waals surface area (Å²) in [5.74, 6) is -3.04. The number of aliphatic imine (C=N–C) groups is 1. The molecule has 1 unspecified atom stereocenters. The number of carbonyl (C=O) groups is 1. The topological polar surface area (TPSA) is 108 Å². The minimum Gasteiger partial charge on any atom is -0.504 e. The summed E-state index contributed by atoms with van der Waals surface area (Å²) in [5.41, 5.74) is 4.67. The van der Waals surface area contributed by atoms with E-state index in [1.54, 1.807) is 17.5 Å². The first kappa shape index (κ1) is 10.7. The van der Waals surface area contributed by atoms with Gasteiger partial charge in [-0.3, -0.25) is 4.79 Å². The second kappa shape index (κ2) is 3.62. The van der Waals surface area contributed by atoms with Gasteiger partial charge in [0.15, 0.2) is 11.5 Å². The molecule has 6 nitrogen and oxygen atoms in total. The predicted octanol–water partition coefficient (Wildman–Crippen LogP) is -0.220. The molecule has 0 aromatic carbocycles. The Balaban J connectivity index is 2.44. The number of aliphatic hydroxyl groups excluding tert-OH is 1. The minimum absolute atomic E-state index is 0.352. The van der Waals surface area contributed by atoms with Crippen molar-refractivity contribution >= 4 is 23.0 Å². The van der Waals surface area contributed by atoms with Crippen LogP contribution < -0.4 is 11.1 Å². The van der Waals surface area contributed by atoms with E-state index in [1.807, 2.05) is 0 Å². The summed E-state index contributed by atoms with van der Waals surface area (Å²) in [6.45, 7) is 0. The Hall–Kier alpha value is -1.86. The summed E-state index contributed by atoms with van der Waals surface area (Å²) in [6, 6.07) is 3.38. The number of aliphatic hydroxyl groups is 2. The molecule has 1 amide bonds. The van der Waals surface area contributed by atoms with Gasteiger partial charge in [-0.15, -0.1) is 11.3 Å². The van der Waals surface area contributed by atoms with Crippen LogP contribution in [0.1, 0.15) is 4.88 Å². The van der Waals surface area contributed by atoms with Gasteiger partial charge in [0.2, 0.25) is 0 Å². The summed E-state index contributed by atoms with van der Waals surface area (Å²) in [4.78, 5) is 15.2. The van der Waals surface area contributed by atoms with Crippen LogP contribution in [0, 0.1) is 0 Å². The van der Waals surface area contributed by atoms with E-state index in [0.29, 0.717) is 4.88 Å². The maximum absolute atomic E-state index is 11.0. The molecule has 1 aromatic heterocycles. The first-order valence-electron chi connectivity index (χ1n) is 4.36. The third-order valence-electron chi connectivity index (χ3n) is 2.02. The molecule has 0 saturated heterocycles. The van der Waals surface area contributed by atoms with E-state index in [2.05, 4.69) is 10.3 Å². The van der Waals surface area contributed by atoms with Crippen LogP contribution in [0.15, 0.2) is 34.5 Å². The van der Waals surface area contributed by atoms with Crippen molar-refractivity contribution in [2.45, 2.75) is 5.85 Å². The average Bonchev–Trinajstić information content (AvgIpc) is 2.75. The smallest absolute Gasteiger partial charge is 0.272 e. The third kappa shape index (κ3) is 1.66. The number of amides is 1. The number of nitrogens with zero attached hydrogens (tertiary/aromatic N) is 1. The lowest BCUT2D eigenvalue weighted by Gasteiger charge is -2.26. The van der Waals surface area contributed by atoms with E-state index in [4.69, 9.17) is 5.73 Å². The summed E-state index contributed by atoms with van der Waals surface area (Å²) < 4.78 is 0. The number of thiophene rings is 1.